The lowest BCUT2D eigenvalue weighted by atomic mass is 9.73. The van der Waals surface area contributed by atoms with Crippen LogP contribution in [0.3, 0.4) is 0 Å². The molecular formula is C25H32O. The lowest BCUT2D eigenvalue weighted by Gasteiger charge is -2.40. The van der Waals surface area contributed by atoms with Crippen molar-refractivity contribution in [1.29, 1.82) is 0 Å². The molecule has 0 radical (unpaired) electrons. The summed E-state index contributed by atoms with van der Waals surface area (Å²) in [7, 11) is 0. The third-order valence-corrected chi connectivity index (χ3v) is 5.82. The largest absolute Gasteiger partial charge is 0.366 e. The van der Waals surface area contributed by atoms with Crippen molar-refractivity contribution >= 4 is 0 Å². The molecule has 0 unspecified atom stereocenters. The van der Waals surface area contributed by atoms with E-state index in [1.54, 1.807) is 0 Å². The second kappa shape index (κ2) is 9.19. The number of rotatable bonds is 7. The first kappa shape index (κ1) is 18.9. The van der Waals surface area contributed by atoms with Crippen LogP contribution in [0.5, 0.6) is 0 Å². The smallest absolute Gasteiger partial charge is 0.0935 e. The van der Waals surface area contributed by atoms with Gasteiger partial charge in [0.25, 0.3) is 0 Å². The molecule has 0 aromatic heterocycles. The molecule has 0 aliphatic heterocycles. The van der Waals surface area contributed by atoms with Gasteiger partial charge in [-0.1, -0.05) is 86.5 Å². The van der Waals surface area contributed by atoms with Gasteiger partial charge in [-0.15, -0.1) is 0 Å². The van der Waals surface area contributed by atoms with Crippen LogP contribution in [-0.2, 0) is 10.3 Å². The molecule has 3 rings (SSSR count). The Kier molecular flexibility index (Phi) is 6.68. The second-order valence-electron chi connectivity index (χ2n) is 7.55. The summed E-state index contributed by atoms with van der Waals surface area (Å²) < 4.78 is 6.48. The van der Waals surface area contributed by atoms with E-state index in [1.807, 2.05) is 0 Å². The van der Waals surface area contributed by atoms with E-state index in [-0.39, 0.29) is 5.60 Å². The van der Waals surface area contributed by atoms with Crippen LogP contribution < -0.4 is 0 Å². The number of ether oxygens (including phenoxy) is 1. The van der Waals surface area contributed by atoms with Gasteiger partial charge in [0.1, 0.15) is 0 Å². The molecule has 0 saturated heterocycles. The SMILES string of the molecule is C/C=C/COC1(c2ccc(-c3ccccc3)cc2)CCC(CCC)CC1. The van der Waals surface area contributed by atoms with Gasteiger partial charge in [-0.05, 0) is 55.2 Å². The van der Waals surface area contributed by atoms with Crippen LogP contribution in [0.1, 0.15) is 57.9 Å². The number of allylic oxidation sites excluding steroid dienone is 1. The van der Waals surface area contributed by atoms with Gasteiger partial charge < -0.3 is 4.74 Å². The highest BCUT2D eigenvalue weighted by molar-refractivity contribution is 5.63. The van der Waals surface area contributed by atoms with Gasteiger partial charge in [-0.25, -0.2) is 0 Å². The number of benzene rings is 2. The summed E-state index contributed by atoms with van der Waals surface area (Å²) >= 11 is 0. The molecule has 0 spiro atoms. The van der Waals surface area contributed by atoms with Crippen LogP contribution in [-0.4, -0.2) is 6.61 Å². The summed E-state index contributed by atoms with van der Waals surface area (Å²) in [4.78, 5) is 0. The van der Waals surface area contributed by atoms with Crippen LogP contribution >= 0.6 is 0 Å². The summed E-state index contributed by atoms with van der Waals surface area (Å²) in [6.45, 7) is 5.06. The molecule has 2 aromatic carbocycles. The Balaban J connectivity index is 1.80. The first-order chi connectivity index (χ1) is 12.8. The standard InChI is InChI=1S/C25H32O/c1-3-5-20-26-25(18-16-21(9-4-2)17-19-25)24-14-12-23(13-15-24)22-10-7-6-8-11-22/h3,5-8,10-15,21H,4,9,16-20H2,1-2H3/b5-3+. The normalized spacial score (nSPS) is 23.4. The maximum absolute atomic E-state index is 6.48. The molecule has 138 valence electrons. The highest BCUT2D eigenvalue weighted by atomic mass is 16.5. The first-order valence-corrected chi connectivity index (χ1v) is 10.2. The highest BCUT2D eigenvalue weighted by Gasteiger charge is 2.37. The molecule has 1 nitrogen and oxygen atoms in total. The fourth-order valence-electron chi connectivity index (χ4n) is 4.26. The average molecular weight is 349 g/mol. The van der Waals surface area contributed by atoms with Gasteiger partial charge in [0.2, 0.25) is 0 Å². The zero-order valence-electron chi connectivity index (χ0n) is 16.3. The van der Waals surface area contributed by atoms with E-state index in [1.165, 1.54) is 42.4 Å². The summed E-state index contributed by atoms with van der Waals surface area (Å²) in [6.07, 6.45) is 11.7. The molecule has 0 N–H and O–H groups in total. The molecule has 1 aliphatic carbocycles. The van der Waals surface area contributed by atoms with Gasteiger partial charge in [-0.3, -0.25) is 0 Å². The Morgan fingerprint density at radius 3 is 2.23 bits per heavy atom. The molecule has 0 atom stereocenters. The van der Waals surface area contributed by atoms with Crippen molar-refractivity contribution in [2.75, 3.05) is 6.61 Å². The minimum absolute atomic E-state index is 0.112. The van der Waals surface area contributed by atoms with E-state index in [2.05, 4.69) is 80.6 Å². The molecule has 2 aromatic rings. The zero-order chi connectivity index (χ0) is 18.2. The third kappa shape index (κ3) is 4.45. The van der Waals surface area contributed by atoms with Crippen molar-refractivity contribution in [2.45, 2.75) is 58.0 Å². The molecule has 0 bridgehead atoms. The lowest BCUT2D eigenvalue weighted by molar-refractivity contribution is -0.0727. The zero-order valence-corrected chi connectivity index (χ0v) is 16.3. The highest BCUT2D eigenvalue weighted by Crippen LogP contribution is 2.44. The fourth-order valence-corrected chi connectivity index (χ4v) is 4.26. The minimum Gasteiger partial charge on any atom is -0.366 e. The Labute approximate surface area is 159 Å². The fraction of sp³-hybridized carbons (Fsp3) is 0.440. The molecule has 1 heteroatoms. The molecule has 1 saturated carbocycles. The maximum atomic E-state index is 6.48. The van der Waals surface area contributed by atoms with Crippen molar-refractivity contribution < 1.29 is 4.74 Å². The predicted octanol–water partition coefficient (Wildman–Crippen LogP) is 7.13. The van der Waals surface area contributed by atoms with Crippen molar-refractivity contribution in [3.8, 4) is 11.1 Å². The molecule has 0 heterocycles. The second-order valence-corrected chi connectivity index (χ2v) is 7.55. The van der Waals surface area contributed by atoms with E-state index in [9.17, 15) is 0 Å². The third-order valence-electron chi connectivity index (χ3n) is 5.82. The van der Waals surface area contributed by atoms with E-state index in [0.29, 0.717) is 6.61 Å². The van der Waals surface area contributed by atoms with Crippen LogP contribution in [0.25, 0.3) is 11.1 Å². The van der Waals surface area contributed by atoms with Gasteiger partial charge in [-0.2, -0.15) is 0 Å². The topological polar surface area (TPSA) is 9.23 Å². The molecule has 1 aliphatic rings. The van der Waals surface area contributed by atoms with Crippen molar-refractivity contribution in [3.05, 3.63) is 72.3 Å². The number of hydrogen-bond acceptors (Lipinski definition) is 1. The Morgan fingerprint density at radius 2 is 1.62 bits per heavy atom. The minimum atomic E-state index is -0.112. The Bertz CT molecular complexity index is 676. The van der Waals surface area contributed by atoms with E-state index >= 15 is 0 Å². The van der Waals surface area contributed by atoms with Gasteiger partial charge >= 0.3 is 0 Å². The summed E-state index contributed by atoms with van der Waals surface area (Å²) in [5.41, 5.74) is 3.78. The van der Waals surface area contributed by atoms with Crippen molar-refractivity contribution in [1.82, 2.24) is 0 Å². The average Bonchev–Trinajstić information content (AvgIpc) is 2.71. The summed E-state index contributed by atoms with van der Waals surface area (Å²) in [6, 6.07) is 19.7. The number of hydrogen-bond donors (Lipinski definition) is 0. The summed E-state index contributed by atoms with van der Waals surface area (Å²) in [5, 5.41) is 0. The Morgan fingerprint density at radius 1 is 0.962 bits per heavy atom. The predicted molar refractivity (Wildman–Crippen MR) is 111 cm³/mol. The summed E-state index contributed by atoms with van der Waals surface area (Å²) in [5.74, 6) is 0.877. The van der Waals surface area contributed by atoms with Gasteiger partial charge in [0, 0.05) is 0 Å². The Hall–Kier alpha value is -1.86. The maximum Gasteiger partial charge on any atom is 0.0935 e. The van der Waals surface area contributed by atoms with E-state index in [4.69, 9.17) is 4.74 Å². The first-order valence-electron chi connectivity index (χ1n) is 10.2. The van der Waals surface area contributed by atoms with E-state index in [0.717, 1.165) is 18.8 Å². The molecular weight excluding hydrogens is 316 g/mol. The van der Waals surface area contributed by atoms with Crippen LogP contribution in [0.2, 0.25) is 0 Å². The molecule has 1 fully saturated rings. The van der Waals surface area contributed by atoms with Crippen molar-refractivity contribution in [2.24, 2.45) is 5.92 Å². The van der Waals surface area contributed by atoms with Crippen molar-refractivity contribution in [3.63, 3.8) is 0 Å². The molecule has 26 heavy (non-hydrogen) atoms. The lowest BCUT2D eigenvalue weighted by Crippen LogP contribution is -2.35. The monoisotopic (exact) mass is 348 g/mol. The van der Waals surface area contributed by atoms with E-state index < -0.39 is 0 Å². The van der Waals surface area contributed by atoms with Crippen LogP contribution in [0, 0.1) is 5.92 Å². The molecule has 0 amide bonds. The van der Waals surface area contributed by atoms with Crippen LogP contribution in [0.15, 0.2) is 66.7 Å². The van der Waals surface area contributed by atoms with Gasteiger partial charge in [0.15, 0.2) is 0 Å². The quantitative estimate of drug-likeness (QED) is 0.483. The van der Waals surface area contributed by atoms with Crippen LogP contribution in [0.4, 0.5) is 0 Å². The van der Waals surface area contributed by atoms with Gasteiger partial charge in [0.05, 0.1) is 12.2 Å².